The van der Waals surface area contributed by atoms with Crippen molar-refractivity contribution in [2.75, 3.05) is 39.3 Å². The van der Waals surface area contributed by atoms with Crippen LogP contribution >= 0.6 is 0 Å². The van der Waals surface area contributed by atoms with Gasteiger partial charge in [-0.05, 0) is 6.07 Å². The van der Waals surface area contributed by atoms with Gasteiger partial charge in [0.2, 0.25) is 10.0 Å². The lowest BCUT2D eigenvalue weighted by Gasteiger charge is -2.33. The molecular formula is C14H17N5O7S. The van der Waals surface area contributed by atoms with E-state index in [1.54, 1.807) is 0 Å². The lowest BCUT2D eigenvalue weighted by atomic mass is 10.2. The number of aliphatic hydroxyl groups excluding tert-OH is 1. The zero-order chi connectivity index (χ0) is 19.8. The van der Waals surface area contributed by atoms with Gasteiger partial charge in [-0.15, -0.1) is 0 Å². The molecule has 1 aromatic heterocycles. The third-order valence-corrected chi connectivity index (χ3v) is 6.29. The first-order valence-corrected chi connectivity index (χ1v) is 9.46. The molecule has 13 heteroatoms. The number of fused-ring (bicyclic) bond motifs is 1. The molecule has 0 aliphatic carbocycles. The summed E-state index contributed by atoms with van der Waals surface area (Å²) in [7, 11) is -4.20. The van der Waals surface area contributed by atoms with Crippen molar-refractivity contribution in [2.45, 2.75) is 4.90 Å². The fourth-order valence-corrected chi connectivity index (χ4v) is 4.54. The third-order valence-electron chi connectivity index (χ3n) is 4.36. The average molecular weight is 399 g/mol. The van der Waals surface area contributed by atoms with Gasteiger partial charge in [0.15, 0.2) is 4.90 Å². The molecule has 0 radical (unpaired) electrons. The minimum absolute atomic E-state index is 0.0253. The van der Waals surface area contributed by atoms with E-state index in [1.807, 2.05) is 4.90 Å². The van der Waals surface area contributed by atoms with Crippen molar-refractivity contribution in [1.29, 1.82) is 0 Å². The highest BCUT2D eigenvalue weighted by Gasteiger charge is 2.34. The first-order valence-electron chi connectivity index (χ1n) is 8.02. The second kappa shape index (κ2) is 7.19. The smallest absolute Gasteiger partial charge is 0.314 e. The molecule has 3 rings (SSSR count). The van der Waals surface area contributed by atoms with Crippen molar-refractivity contribution >= 4 is 26.7 Å². The molecule has 0 atom stereocenters. The number of benzene rings is 1. The highest BCUT2D eigenvalue weighted by molar-refractivity contribution is 7.89. The SMILES string of the molecule is O=c1[nH]c2cc([N+](=O)[O-])c(S(=O)(=O)N3CCN(CCO)CC3)cc2[nH]c1=O. The van der Waals surface area contributed by atoms with Crippen LogP contribution in [-0.4, -0.2) is 77.0 Å². The van der Waals surface area contributed by atoms with Crippen molar-refractivity contribution in [1.82, 2.24) is 19.2 Å². The average Bonchev–Trinajstić information content (AvgIpc) is 2.62. The van der Waals surface area contributed by atoms with Gasteiger partial charge in [-0.1, -0.05) is 0 Å². The van der Waals surface area contributed by atoms with Gasteiger partial charge in [-0.25, -0.2) is 8.42 Å². The van der Waals surface area contributed by atoms with Crippen LogP contribution in [-0.2, 0) is 10.0 Å². The standard InChI is InChI=1S/C14H17N5O7S/c20-6-5-17-1-3-18(4-2-17)27(25,26)12-8-10-9(7-11(12)19(23)24)15-13(21)14(22)16-10/h7-8,20H,1-6H2,(H,15,21)(H,16,22). The molecule has 0 spiro atoms. The number of piperazine rings is 1. The van der Waals surface area contributed by atoms with E-state index in [4.69, 9.17) is 5.11 Å². The van der Waals surface area contributed by atoms with Crippen LogP contribution in [0.4, 0.5) is 5.69 Å². The van der Waals surface area contributed by atoms with Crippen LogP contribution in [0.15, 0.2) is 26.6 Å². The monoisotopic (exact) mass is 399 g/mol. The summed E-state index contributed by atoms with van der Waals surface area (Å²) in [5.74, 6) is 0. The second-order valence-corrected chi connectivity index (χ2v) is 7.91. The zero-order valence-corrected chi connectivity index (χ0v) is 14.9. The molecule has 1 aliphatic rings. The Kier molecular flexibility index (Phi) is 5.10. The van der Waals surface area contributed by atoms with Gasteiger partial charge in [0.1, 0.15) is 0 Å². The molecule has 12 nitrogen and oxygen atoms in total. The number of β-amino-alcohol motifs (C(OH)–C–C–N with tert-alkyl or cyclic N) is 1. The van der Waals surface area contributed by atoms with Gasteiger partial charge in [0.05, 0.1) is 22.6 Å². The molecule has 0 saturated carbocycles. The molecule has 1 aliphatic heterocycles. The highest BCUT2D eigenvalue weighted by Crippen LogP contribution is 2.30. The Morgan fingerprint density at radius 3 is 2.15 bits per heavy atom. The molecule has 0 bridgehead atoms. The maximum Gasteiger partial charge on any atom is 0.314 e. The van der Waals surface area contributed by atoms with E-state index in [9.17, 15) is 28.1 Å². The van der Waals surface area contributed by atoms with Gasteiger partial charge in [0, 0.05) is 38.8 Å². The fourth-order valence-electron chi connectivity index (χ4n) is 2.96. The Hall–Kier alpha value is -2.61. The van der Waals surface area contributed by atoms with Crippen LogP contribution in [0, 0.1) is 10.1 Å². The number of aromatic nitrogens is 2. The predicted octanol–water partition coefficient (Wildman–Crippen LogP) is -1.58. The van der Waals surface area contributed by atoms with Crippen molar-refractivity contribution in [2.24, 2.45) is 0 Å². The number of hydrogen-bond donors (Lipinski definition) is 3. The number of nitro benzene ring substituents is 1. The van der Waals surface area contributed by atoms with Crippen molar-refractivity contribution in [3.05, 3.63) is 43.0 Å². The normalized spacial score (nSPS) is 16.6. The number of nitrogens with one attached hydrogen (secondary N) is 2. The molecule has 3 N–H and O–H groups in total. The molecule has 2 heterocycles. The largest absolute Gasteiger partial charge is 0.395 e. The van der Waals surface area contributed by atoms with Crippen LogP contribution in [0.1, 0.15) is 0 Å². The van der Waals surface area contributed by atoms with Gasteiger partial charge in [-0.2, -0.15) is 4.31 Å². The Bertz CT molecular complexity index is 1100. The third kappa shape index (κ3) is 3.62. The van der Waals surface area contributed by atoms with Gasteiger partial charge in [-0.3, -0.25) is 24.6 Å². The molecule has 0 unspecified atom stereocenters. The van der Waals surface area contributed by atoms with E-state index in [0.717, 1.165) is 16.4 Å². The van der Waals surface area contributed by atoms with Crippen LogP contribution in [0.2, 0.25) is 0 Å². The van der Waals surface area contributed by atoms with Crippen LogP contribution in [0.25, 0.3) is 11.0 Å². The first kappa shape index (κ1) is 19.2. The van der Waals surface area contributed by atoms with Crippen molar-refractivity contribution in [3.8, 4) is 0 Å². The minimum atomic E-state index is -4.20. The van der Waals surface area contributed by atoms with Gasteiger partial charge in [0.25, 0.3) is 5.69 Å². The molecule has 1 saturated heterocycles. The van der Waals surface area contributed by atoms with Crippen LogP contribution in [0.3, 0.4) is 0 Å². The Balaban J connectivity index is 2.07. The van der Waals surface area contributed by atoms with Crippen molar-refractivity contribution < 1.29 is 18.4 Å². The number of nitrogens with zero attached hydrogens (tertiary/aromatic N) is 3. The van der Waals surface area contributed by atoms with E-state index >= 15 is 0 Å². The zero-order valence-electron chi connectivity index (χ0n) is 14.0. The maximum absolute atomic E-state index is 13.0. The molecule has 1 aromatic carbocycles. The predicted molar refractivity (Wildman–Crippen MR) is 94.1 cm³/mol. The summed E-state index contributed by atoms with van der Waals surface area (Å²) >= 11 is 0. The van der Waals surface area contributed by atoms with E-state index in [-0.39, 0.29) is 30.7 Å². The number of rotatable bonds is 5. The lowest BCUT2D eigenvalue weighted by molar-refractivity contribution is -0.387. The number of sulfonamides is 1. The Labute approximate surface area is 152 Å². The van der Waals surface area contributed by atoms with Gasteiger partial charge >= 0.3 is 11.1 Å². The van der Waals surface area contributed by atoms with E-state index in [0.29, 0.717) is 19.6 Å². The van der Waals surface area contributed by atoms with Crippen molar-refractivity contribution in [3.63, 3.8) is 0 Å². The quantitative estimate of drug-likeness (QED) is 0.307. The minimum Gasteiger partial charge on any atom is -0.395 e. The molecular weight excluding hydrogens is 382 g/mol. The Morgan fingerprint density at radius 2 is 1.63 bits per heavy atom. The van der Waals surface area contributed by atoms with Crippen LogP contribution in [0.5, 0.6) is 0 Å². The number of aromatic amines is 2. The van der Waals surface area contributed by atoms with E-state index in [1.165, 1.54) is 0 Å². The number of aliphatic hydroxyl groups is 1. The molecule has 1 fully saturated rings. The van der Waals surface area contributed by atoms with Crippen LogP contribution < -0.4 is 11.1 Å². The summed E-state index contributed by atoms with van der Waals surface area (Å²) in [4.78, 5) is 39.2. The highest BCUT2D eigenvalue weighted by atomic mass is 32.2. The summed E-state index contributed by atoms with van der Waals surface area (Å²) in [6.07, 6.45) is 0. The van der Waals surface area contributed by atoms with E-state index in [2.05, 4.69) is 9.97 Å². The molecule has 146 valence electrons. The van der Waals surface area contributed by atoms with Gasteiger partial charge < -0.3 is 15.1 Å². The summed E-state index contributed by atoms with van der Waals surface area (Å²) < 4.78 is 27.0. The number of nitro groups is 1. The Morgan fingerprint density at radius 1 is 1.07 bits per heavy atom. The summed E-state index contributed by atoms with van der Waals surface area (Å²) in [6, 6.07) is 1.90. The first-order chi connectivity index (χ1) is 12.7. The molecule has 0 amide bonds. The lowest BCUT2D eigenvalue weighted by Crippen LogP contribution is -2.49. The maximum atomic E-state index is 13.0. The number of hydrogen-bond acceptors (Lipinski definition) is 8. The summed E-state index contributed by atoms with van der Waals surface area (Å²) in [5.41, 5.74) is -2.74. The second-order valence-electron chi connectivity index (χ2n) is 6.00. The fraction of sp³-hybridized carbons (Fsp3) is 0.429. The van der Waals surface area contributed by atoms with E-state index < -0.39 is 36.6 Å². The summed E-state index contributed by atoms with van der Waals surface area (Å²) in [5, 5.41) is 20.4. The molecule has 27 heavy (non-hydrogen) atoms. The molecule has 2 aromatic rings. The number of H-pyrrole nitrogens is 2. The summed E-state index contributed by atoms with van der Waals surface area (Å²) in [6.45, 7) is 1.35. The topological polar surface area (TPSA) is 170 Å².